The van der Waals surface area contributed by atoms with Crippen LogP contribution in [0, 0.1) is 0 Å². The van der Waals surface area contributed by atoms with Gasteiger partial charge in [-0.2, -0.15) is 0 Å². The van der Waals surface area contributed by atoms with Crippen molar-refractivity contribution in [3.05, 3.63) is 12.3 Å². The van der Waals surface area contributed by atoms with Gasteiger partial charge >= 0.3 is 0 Å². The van der Waals surface area contributed by atoms with Crippen LogP contribution in [0.5, 0.6) is 0 Å². The van der Waals surface area contributed by atoms with E-state index in [1.807, 2.05) is 6.20 Å². The second-order valence-electron chi connectivity index (χ2n) is 1.85. The topological polar surface area (TPSA) is 12.0 Å². The normalized spacial score (nSPS) is 20.6. The van der Waals surface area contributed by atoms with Crippen LogP contribution in [0.15, 0.2) is 12.3 Å². The molecule has 1 rings (SSSR count). The van der Waals surface area contributed by atoms with E-state index < -0.39 is 0 Å². The summed E-state index contributed by atoms with van der Waals surface area (Å²) in [5, 5.41) is 3.17. The first-order valence-electron chi connectivity index (χ1n) is 2.88. The Morgan fingerprint density at radius 3 is 3.29 bits per heavy atom. The molecule has 1 heteroatoms. The number of rotatable bonds is 0. The highest BCUT2D eigenvalue weighted by atomic mass is 14.8. The van der Waals surface area contributed by atoms with Crippen molar-refractivity contribution in [1.29, 1.82) is 0 Å². The molecule has 0 aromatic carbocycles. The summed E-state index contributed by atoms with van der Waals surface area (Å²) in [6.45, 7) is 1.16. The van der Waals surface area contributed by atoms with Gasteiger partial charge in [-0.15, -0.1) is 0 Å². The zero-order valence-corrected chi connectivity index (χ0v) is 4.48. The molecule has 0 atom stereocenters. The smallest absolute Gasteiger partial charge is 0.0141 e. The van der Waals surface area contributed by atoms with Gasteiger partial charge < -0.3 is 5.32 Å². The Morgan fingerprint density at radius 2 is 2.29 bits per heavy atom. The molecule has 0 amide bonds. The maximum Gasteiger partial charge on any atom is 0.0141 e. The highest BCUT2D eigenvalue weighted by Crippen LogP contribution is 1.97. The Kier molecular flexibility index (Phi) is 1.79. The molecular formula is C6H11N. The average molecular weight is 97.2 g/mol. The molecule has 1 heterocycles. The summed E-state index contributed by atoms with van der Waals surface area (Å²) >= 11 is 0. The predicted octanol–water partition coefficient (Wildman–Crippen LogP) is 1.27. The van der Waals surface area contributed by atoms with Crippen molar-refractivity contribution in [1.82, 2.24) is 5.32 Å². The predicted molar refractivity (Wildman–Crippen MR) is 31.0 cm³/mol. The van der Waals surface area contributed by atoms with Gasteiger partial charge in [0.15, 0.2) is 0 Å². The summed E-state index contributed by atoms with van der Waals surface area (Å²) in [4.78, 5) is 0. The molecule has 1 nitrogen and oxygen atoms in total. The summed E-state index contributed by atoms with van der Waals surface area (Å²) in [6.07, 6.45) is 8.17. The Morgan fingerprint density at radius 1 is 1.29 bits per heavy atom. The van der Waals surface area contributed by atoms with Crippen LogP contribution in [0.25, 0.3) is 0 Å². The van der Waals surface area contributed by atoms with Crippen LogP contribution in [0.4, 0.5) is 0 Å². The Hall–Kier alpha value is -0.460. The van der Waals surface area contributed by atoms with Crippen molar-refractivity contribution >= 4 is 0 Å². The van der Waals surface area contributed by atoms with Crippen molar-refractivity contribution in [3.8, 4) is 0 Å². The molecule has 0 bridgehead atoms. The highest BCUT2D eigenvalue weighted by Gasteiger charge is 1.86. The summed E-state index contributed by atoms with van der Waals surface area (Å²) in [6, 6.07) is 0. The Balaban J connectivity index is 2.20. The standard InChI is InChI=1S/C6H11N/c1-2-4-6-7-5-3-1/h3,5,7H,1-2,4,6H2. The molecule has 0 unspecified atom stereocenters. The van der Waals surface area contributed by atoms with E-state index in [4.69, 9.17) is 0 Å². The fourth-order valence-electron chi connectivity index (χ4n) is 0.739. The lowest BCUT2D eigenvalue weighted by molar-refractivity contribution is 0.730. The largest absolute Gasteiger partial charge is 0.391 e. The summed E-state index contributed by atoms with van der Waals surface area (Å²) in [5.41, 5.74) is 0. The van der Waals surface area contributed by atoms with Gasteiger partial charge in [0.1, 0.15) is 0 Å². The minimum atomic E-state index is 1.16. The van der Waals surface area contributed by atoms with E-state index in [1.54, 1.807) is 0 Å². The number of hydrogen-bond donors (Lipinski definition) is 1. The van der Waals surface area contributed by atoms with Gasteiger partial charge in [0.05, 0.1) is 0 Å². The maximum atomic E-state index is 3.17. The van der Waals surface area contributed by atoms with Crippen molar-refractivity contribution in [2.24, 2.45) is 0 Å². The molecule has 0 fully saturated rings. The fraction of sp³-hybridized carbons (Fsp3) is 0.667. The molecule has 1 aliphatic heterocycles. The zero-order valence-electron chi connectivity index (χ0n) is 4.48. The molecule has 0 aromatic rings. The van der Waals surface area contributed by atoms with Crippen molar-refractivity contribution in [2.45, 2.75) is 19.3 Å². The molecule has 0 aliphatic carbocycles. The van der Waals surface area contributed by atoms with E-state index in [9.17, 15) is 0 Å². The first-order chi connectivity index (χ1) is 3.50. The Bertz CT molecular complexity index is 58.6. The van der Waals surface area contributed by atoms with Crippen molar-refractivity contribution < 1.29 is 0 Å². The second-order valence-corrected chi connectivity index (χ2v) is 1.85. The molecule has 0 saturated heterocycles. The third-order valence-electron chi connectivity index (χ3n) is 1.18. The molecule has 0 spiro atoms. The van der Waals surface area contributed by atoms with Crippen LogP contribution in [0.1, 0.15) is 19.3 Å². The molecule has 0 saturated carbocycles. The lowest BCUT2D eigenvalue weighted by atomic mass is 10.2. The van der Waals surface area contributed by atoms with E-state index in [1.165, 1.54) is 19.3 Å². The van der Waals surface area contributed by atoms with Gasteiger partial charge in [-0.25, -0.2) is 0 Å². The van der Waals surface area contributed by atoms with Crippen molar-refractivity contribution in [3.63, 3.8) is 0 Å². The first-order valence-corrected chi connectivity index (χ1v) is 2.88. The highest BCUT2D eigenvalue weighted by molar-refractivity contribution is 4.81. The summed E-state index contributed by atoms with van der Waals surface area (Å²) in [7, 11) is 0. The molecule has 40 valence electrons. The third-order valence-corrected chi connectivity index (χ3v) is 1.18. The monoisotopic (exact) mass is 97.1 g/mol. The molecule has 1 aliphatic rings. The number of hydrogen-bond acceptors (Lipinski definition) is 1. The lowest BCUT2D eigenvalue weighted by Crippen LogP contribution is -2.03. The second kappa shape index (κ2) is 2.67. The third kappa shape index (κ3) is 1.62. The zero-order chi connectivity index (χ0) is 4.95. The van der Waals surface area contributed by atoms with Crippen LogP contribution in [-0.2, 0) is 0 Å². The molecule has 1 N–H and O–H groups in total. The minimum Gasteiger partial charge on any atom is -0.391 e. The summed E-state index contributed by atoms with van der Waals surface area (Å²) < 4.78 is 0. The maximum absolute atomic E-state index is 3.17. The van der Waals surface area contributed by atoms with Crippen LogP contribution >= 0.6 is 0 Å². The molecule has 7 heavy (non-hydrogen) atoms. The van der Waals surface area contributed by atoms with Crippen LogP contribution in [0.2, 0.25) is 0 Å². The SMILES string of the molecule is C1=CNCCCC1. The van der Waals surface area contributed by atoms with Gasteiger partial charge in [0.2, 0.25) is 0 Å². The molecule has 0 radical (unpaired) electrons. The number of allylic oxidation sites excluding steroid dienone is 1. The van der Waals surface area contributed by atoms with Crippen LogP contribution < -0.4 is 5.32 Å². The van der Waals surface area contributed by atoms with Gasteiger partial charge in [-0.05, 0) is 25.5 Å². The van der Waals surface area contributed by atoms with Gasteiger partial charge in [0, 0.05) is 6.54 Å². The fourth-order valence-corrected chi connectivity index (χ4v) is 0.739. The molecule has 0 aromatic heterocycles. The average Bonchev–Trinajstić information content (AvgIpc) is 1.90. The van der Waals surface area contributed by atoms with Gasteiger partial charge in [0.25, 0.3) is 0 Å². The molecular weight excluding hydrogens is 86.1 g/mol. The van der Waals surface area contributed by atoms with Gasteiger partial charge in [-0.3, -0.25) is 0 Å². The minimum absolute atomic E-state index is 1.16. The van der Waals surface area contributed by atoms with E-state index in [0.717, 1.165) is 6.54 Å². The summed E-state index contributed by atoms with van der Waals surface area (Å²) in [5.74, 6) is 0. The van der Waals surface area contributed by atoms with Crippen LogP contribution in [-0.4, -0.2) is 6.54 Å². The van der Waals surface area contributed by atoms with E-state index >= 15 is 0 Å². The Labute approximate surface area is 44.4 Å². The van der Waals surface area contributed by atoms with Gasteiger partial charge in [-0.1, -0.05) is 6.08 Å². The lowest BCUT2D eigenvalue weighted by Gasteiger charge is -1.90. The quantitative estimate of drug-likeness (QED) is 0.480. The van der Waals surface area contributed by atoms with E-state index in [0.29, 0.717) is 0 Å². The van der Waals surface area contributed by atoms with Crippen molar-refractivity contribution in [2.75, 3.05) is 6.54 Å². The van der Waals surface area contributed by atoms with E-state index in [2.05, 4.69) is 11.4 Å². The van der Waals surface area contributed by atoms with Crippen LogP contribution in [0.3, 0.4) is 0 Å². The number of nitrogens with one attached hydrogen (secondary N) is 1. The van der Waals surface area contributed by atoms with E-state index in [-0.39, 0.29) is 0 Å². The first kappa shape index (κ1) is 4.69.